The maximum Gasteiger partial charge on any atom is 0.254 e. The summed E-state index contributed by atoms with van der Waals surface area (Å²) in [4.78, 5) is 20.4. The molecule has 0 fully saturated rings. The summed E-state index contributed by atoms with van der Waals surface area (Å²) in [5.41, 5.74) is 2.40. The molecule has 0 atom stereocenters. The monoisotopic (exact) mass is 376 g/mol. The van der Waals surface area contributed by atoms with Gasteiger partial charge in [-0.3, -0.25) is 4.79 Å². The molecular formula is C22H24N4O2. The predicted octanol–water partition coefficient (Wildman–Crippen LogP) is 4.19. The number of nitrogens with one attached hydrogen (secondary N) is 2. The van der Waals surface area contributed by atoms with E-state index in [0.29, 0.717) is 30.6 Å². The summed E-state index contributed by atoms with van der Waals surface area (Å²) in [6, 6.07) is 17.6. The van der Waals surface area contributed by atoms with Crippen LogP contribution in [-0.4, -0.2) is 22.4 Å². The Labute approximate surface area is 165 Å². The van der Waals surface area contributed by atoms with Gasteiger partial charge in [0.25, 0.3) is 5.91 Å². The van der Waals surface area contributed by atoms with Crippen molar-refractivity contribution in [2.24, 2.45) is 5.92 Å². The highest BCUT2D eigenvalue weighted by Gasteiger charge is 2.07. The Morgan fingerprint density at radius 3 is 2.32 bits per heavy atom. The highest BCUT2D eigenvalue weighted by molar-refractivity contribution is 5.93. The van der Waals surface area contributed by atoms with Crippen molar-refractivity contribution >= 4 is 17.5 Å². The Balaban J connectivity index is 1.53. The molecule has 144 valence electrons. The number of ether oxygens (including phenoxy) is 1. The van der Waals surface area contributed by atoms with Crippen LogP contribution in [0.1, 0.15) is 29.8 Å². The number of hydrogen-bond donors (Lipinski definition) is 2. The number of amides is 1. The molecule has 0 spiro atoms. The van der Waals surface area contributed by atoms with E-state index in [1.165, 1.54) is 12.4 Å². The Kier molecular flexibility index (Phi) is 6.57. The zero-order valence-corrected chi connectivity index (χ0v) is 16.1. The third-order valence-corrected chi connectivity index (χ3v) is 3.94. The zero-order valence-electron chi connectivity index (χ0n) is 16.1. The van der Waals surface area contributed by atoms with Crippen LogP contribution >= 0.6 is 0 Å². The molecule has 6 heteroatoms. The van der Waals surface area contributed by atoms with Crippen molar-refractivity contribution < 1.29 is 9.53 Å². The van der Waals surface area contributed by atoms with E-state index >= 15 is 0 Å². The molecule has 1 heterocycles. The number of benzene rings is 2. The van der Waals surface area contributed by atoms with Crippen LogP contribution in [0.3, 0.4) is 0 Å². The van der Waals surface area contributed by atoms with Gasteiger partial charge >= 0.3 is 0 Å². The molecule has 0 unspecified atom stereocenters. The van der Waals surface area contributed by atoms with Gasteiger partial charge in [0.15, 0.2) is 0 Å². The second-order valence-corrected chi connectivity index (χ2v) is 6.82. The van der Waals surface area contributed by atoms with E-state index in [2.05, 4.69) is 20.6 Å². The molecule has 0 bridgehead atoms. The summed E-state index contributed by atoms with van der Waals surface area (Å²) in [5, 5.41) is 5.96. The number of carbonyl (C=O) groups is 1. The topological polar surface area (TPSA) is 76.1 Å². The molecule has 28 heavy (non-hydrogen) atoms. The summed E-state index contributed by atoms with van der Waals surface area (Å²) < 4.78 is 5.78. The lowest BCUT2D eigenvalue weighted by Gasteiger charge is -2.09. The number of rotatable bonds is 8. The van der Waals surface area contributed by atoms with Crippen molar-refractivity contribution in [2.45, 2.75) is 20.5 Å². The number of hydrogen-bond acceptors (Lipinski definition) is 5. The molecule has 6 nitrogen and oxygen atoms in total. The lowest BCUT2D eigenvalue weighted by Crippen LogP contribution is -2.27. The van der Waals surface area contributed by atoms with Gasteiger partial charge in [0.1, 0.15) is 12.4 Å². The molecule has 0 saturated carbocycles. The van der Waals surface area contributed by atoms with E-state index in [9.17, 15) is 4.79 Å². The first-order valence-electron chi connectivity index (χ1n) is 9.24. The second-order valence-electron chi connectivity index (χ2n) is 6.82. The minimum Gasteiger partial charge on any atom is -0.489 e. The van der Waals surface area contributed by atoms with Crippen LogP contribution in [0.5, 0.6) is 5.75 Å². The smallest absolute Gasteiger partial charge is 0.254 e. The van der Waals surface area contributed by atoms with Gasteiger partial charge in [0.2, 0.25) is 5.95 Å². The summed E-state index contributed by atoms with van der Waals surface area (Å²) in [7, 11) is 0. The van der Waals surface area contributed by atoms with Gasteiger partial charge in [-0.2, -0.15) is 0 Å². The summed E-state index contributed by atoms with van der Waals surface area (Å²) in [6.45, 7) is 5.23. The van der Waals surface area contributed by atoms with Crippen molar-refractivity contribution in [3.8, 4) is 5.75 Å². The van der Waals surface area contributed by atoms with Gasteiger partial charge in [0.05, 0.1) is 5.56 Å². The Hall–Kier alpha value is -3.41. The van der Waals surface area contributed by atoms with Gasteiger partial charge in [-0.25, -0.2) is 9.97 Å². The van der Waals surface area contributed by atoms with Gasteiger partial charge < -0.3 is 15.4 Å². The maximum absolute atomic E-state index is 12.0. The molecule has 0 aliphatic rings. The predicted molar refractivity (Wildman–Crippen MR) is 110 cm³/mol. The van der Waals surface area contributed by atoms with E-state index in [-0.39, 0.29) is 5.91 Å². The third-order valence-electron chi connectivity index (χ3n) is 3.94. The van der Waals surface area contributed by atoms with Crippen molar-refractivity contribution in [3.05, 3.63) is 78.1 Å². The molecule has 1 amide bonds. The summed E-state index contributed by atoms with van der Waals surface area (Å²) in [6.07, 6.45) is 3.03. The van der Waals surface area contributed by atoms with Gasteiger partial charge in [-0.15, -0.1) is 0 Å². The lowest BCUT2D eigenvalue weighted by molar-refractivity contribution is 0.0948. The minimum atomic E-state index is -0.167. The zero-order chi connectivity index (χ0) is 19.8. The molecule has 2 N–H and O–H groups in total. The van der Waals surface area contributed by atoms with Crippen LogP contribution in [0, 0.1) is 5.92 Å². The SMILES string of the molecule is CC(C)CNC(=O)c1cnc(Nc2ccc(OCc3ccccc3)cc2)nc1. The number of anilines is 2. The first-order chi connectivity index (χ1) is 13.6. The average Bonchev–Trinajstić information content (AvgIpc) is 2.73. The first-order valence-corrected chi connectivity index (χ1v) is 9.24. The van der Waals surface area contributed by atoms with Crippen LogP contribution in [-0.2, 0) is 6.61 Å². The van der Waals surface area contributed by atoms with E-state index in [1.807, 2.05) is 68.4 Å². The van der Waals surface area contributed by atoms with Crippen molar-refractivity contribution in [3.63, 3.8) is 0 Å². The van der Waals surface area contributed by atoms with Gasteiger partial charge in [-0.1, -0.05) is 44.2 Å². The molecule has 3 rings (SSSR count). The Bertz CT molecular complexity index is 879. The molecule has 0 aliphatic carbocycles. The number of nitrogens with zero attached hydrogens (tertiary/aromatic N) is 2. The molecule has 1 aromatic heterocycles. The normalized spacial score (nSPS) is 10.5. The fraction of sp³-hybridized carbons (Fsp3) is 0.227. The van der Waals surface area contributed by atoms with E-state index in [1.54, 1.807) is 0 Å². The van der Waals surface area contributed by atoms with E-state index < -0.39 is 0 Å². The van der Waals surface area contributed by atoms with Crippen molar-refractivity contribution in [1.29, 1.82) is 0 Å². The van der Waals surface area contributed by atoms with E-state index in [4.69, 9.17) is 4.74 Å². The lowest BCUT2D eigenvalue weighted by atomic mass is 10.2. The van der Waals surface area contributed by atoms with Crippen LogP contribution in [0.25, 0.3) is 0 Å². The Morgan fingerprint density at radius 1 is 1.00 bits per heavy atom. The molecular weight excluding hydrogens is 352 g/mol. The summed E-state index contributed by atoms with van der Waals surface area (Å²) in [5.74, 6) is 1.44. The van der Waals surface area contributed by atoms with Gasteiger partial charge in [-0.05, 0) is 35.7 Å². The average molecular weight is 376 g/mol. The molecule has 0 radical (unpaired) electrons. The van der Waals surface area contributed by atoms with Crippen molar-refractivity contribution in [2.75, 3.05) is 11.9 Å². The largest absolute Gasteiger partial charge is 0.489 e. The van der Waals surface area contributed by atoms with Gasteiger partial charge in [0, 0.05) is 24.6 Å². The summed E-state index contributed by atoms with van der Waals surface area (Å²) >= 11 is 0. The Morgan fingerprint density at radius 2 is 1.68 bits per heavy atom. The molecule has 2 aromatic carbocycles. The highest BCUT2D eigenvalue weighted by atomic mass is 16.5. The highest BCUT2D eigenvalue weighted by Crippen LogP contribution is 2.19. The second kappa shape index (κ2) is 9.50. The fourth-order valence-corrected chi connectivity index (χ4v) is 2.41. The quantitative estimate of drug-likeness (QED) is 0.617. The van der Waals surface area contributed by atoms with Crippen LogP contribution in [0.2, 0.25) is 0 Å². The fourth-order valence-electron chi connectivity index (χ4n) is 2.41. The molecule has 3 aromatic rings. The standard InChI is InChI=1S/C22H24N4O2/c1-16(2)12-23-21(27)18-13-24-22(25-14-18)26-19-8-10-20(11-9-19)28-15-17-6-4-3-5-7-17/h3-11,13-14,16H,12,15H2,1-2H3,(H,23,27)(H,24,25,26). The van der Waals surface area contributed by atoms with Crippen LogP contribution in [0.15, 0.2) is 67.0 Å². The molecule has 0 saturated heterocycles. The number of aromatic nitrogens is 2. The number of carbonyl (C=O) groups excluding carboxylic acids is 1. The maximum atomic E-state index is 12.0. The molecule has 0 aliphatic heterocycles. The van der Waals surface area contributed by atoms with Crippen LogP contribution in [0.4, 0.5) is 11.6 Å². The third kappa shape index (κ3) is 5.81. The minimum absolute atomic E-state index is 0.167. The van der Waals surface area contributed by atoms with Crippen LogP contribution < -0.4 is 15.4 Å². The van der Waals surface area contributed by atoms with Crippen molar-refractivity contribution in [1.82, 2.24) is 15.3 Å². The first kappa shape index (κ1) is 19.4. The van der Waals surface area contributed by atoms with E-state index in [0.717, 1.165) is 17.0 Å².